The fraction of sp³-hybridized carbons (Fsp3) is 0.588. The molecule has 1 aliphatic rings. The van der Waals surface area contributed by atoms with Crippen molar-refractivity contribution in [1.82, 2.24) is 10.2 Å². The van der Waals surface area contributed by atoms with E-state index in [-0.39, 0.29) is 18.6 Å². The maximum atomic E-state index is 11.4. The van der Waals surface area contributed by atoms with E-state index in [9.17, 15) is 4.79 Å². The van der Waals surface area contributed by atoms with Crippen LogP contribution in [0.1, 0.15) is 12.5 Å². The number of carbonyl (C=O) groups is 1. The van der Waals surface area contributed by atoms with Gasteiger partial charge in [0.2, 0.25) is 5.91 Å². The van der Waals surface area contributed by atoms with Gasteiger partial charge in [-0.1, -0.05) is 12.1 Å². The Morgan fingerprint density at radius 3 is 2.91 bits per heavy atom. The van der Waals surface area contributed by atoms with Gasteiger partial charge in [0.05, 0.1) is 19.8 Å². The maximum absolute atomic E-state index is 11.4. The summed E-state index contributed by atoms with van der Waals surface area (Å²) in [5.41, 5.74) is 1.22. The van der Waals surface area contributed by atoms with Gasteiger partial charge in [0.25, 0.3) is 0 Å². The smallest absolute Gasteiger partial charge is 0.246 e. The molecule has 1 aromatic rings. The fourth-order valence-electron chi connectivity index (χ4n) is 2.45. The Labute approximate surface area is 137 Å². The molecule has 0 aliphatic carbocycles. The molecular weight excluding hydrogens is 296 g/mol. The van der Waals surface area contributed by atoms with Gasteiger partial charge in [0, 0.05) is 26.7 Å². The van der Waals surface area contributed by atoms with Crippen LogP contribution < -0.4 is 10.1 Å². The molecule has 0 aromatic heterocycles. The first kappa shape index (κ1) is 17.7. The Hall–Kier alpha value is -1.63. The zero-order valence-corrected chi connectivity index (χ0v) is 13.9. The molecule has 0 saturated carbocycles. The highest BCUT2D eigenvalue weighted by atomic mass is 16.5. The highest BCUT2D eigenvalue weighted by molar-refractivity contribution is 5.77. The molecule has 1 atom stereocenters. The Bertz CT molecular complexity index is 489. The van der Waals surface area contributed by atoms with E-state index in [1.165, 1.54) is 12.7 Å². The molecule has 1 fully saturated rings. The van der Waals surface area contributed by atoms with Gasteiger partial charge >= 0.3 is 0 Å². The van der Waals surface area contributed by atoms with Crippen molar-refractivity contribution in [1.29, 1.82) is 0 Å². The number of nitrogens with zero attached hydrogens (tertiary/aromatic N) is 1. The lowest BCUT2D eigenvalue weighted by atomic mass is 10.2. The van der Waals surface area contributed by atoms with E-state index in [1.807, 2.05) is 19.1 Å². The van der Waals surface area contributed by atoms with Gasteiger partial charge in [-0.25, -0.2) is 0 Å². The zero-order chi connectivity index (χ0) is 16.5. The van der Waals surface area contributed by atoms with E-state index in [0.29, 0.717) is 6.54 Å². The van der Waals surface area contributed by atoms with Crippen molar-refractivity contribution >= 4 is 5.91 Å². The van der Waals surface area contributed by atoms with Gasteiger partial charge in [-0.2, -0.15) is 0 Å². The van der Waals surface area contributed by atoms with Gasteiger partial charge in [0.15, 0.2) is 0 Å². The quantitative estimate of drug-likeness (QED) is 0.775. The number of benzene rings is 1. The normalized spacial score (nSPS) is 16.8. The summed E-state index contributed by atoms with van der Waals surface area (Å²) in [6, 6.07) is 8.11. The monoisotopic (exact) mass is 322 g/mol. The summed E-state index contributed by atoms with van der Waals surface area (Å²) in [6.45, 7) is 6.89. The molecule has 1 unspecified atom stereocenters. The van der Waals surface area contributed by atoms with Crippen LogP contribution in [-0.2, 0) is 20.8 Å². The van der Waals surface area contributed by atoms with Crippen molar-refractivity contribution in [3.8, 4) is 5.75 Å². The topological polar surface area (TPSA) is 60.0 Å². The minimum Gasteiger partial charge on any atom is -0.489 e. The molecule has 1 N–H and O–H groups in total. The largest absolute Gasteiger partial charge is 0.489 e. The summed E-state index contributed by atoms with van der Waals surface area (Å²) in [7, 11) is 1.50. The van der Waals surface area contributed by atoms with Crippen LogP contribution >= 0.6 is 0 Å². The number of methoxy groups -OCH3 is 1. The number of ether oxygens (including phenoxy) is 3. The van der Waals surface area contributed by atoms with Crippen LogP contribution in [0.3, 0.4) is 0 Å². The maximum Gasteiger partial charge on any atom is 0.246 e. The minimum absolute atomic E-state index is 0.0712. The third-order valence-corrected chi connectivity index (χ3v) is 3.61. The summed E-state index contributed by atoms with van der Waals surface area (Å²) < 4.78 is 16.0. The Kier molecular flexibility index (Phi) is 7.32. The molecule has 1 heterocycles. The van der Waals surface area contributed by atoms with Crippen LogP contribution in [0, 0.1) is 0 Å². The summed E-state index contributed by atoms with van der Waals surface area (Å²) in [6.07, 6.45) is -0.102. The molecule has 1 amide bonds. The first-order chi connectivity index (χ1) is 11.2. The Balaban J connectivity index is 1.80. The van der Waals surface area contributed by atoms with E-state index in [4.69, 9.17) is 14.2 Å². The van der Waals surface area contributed by atoms with Gasteiger partial charge in [0.1, 0.15) is 18.5 Å². The van der Waals surface area contributed by atoms with Crippen LogP contribution in [0.2, 0.25) is 0 Å². The third-order valence-electron chi connectivity index (χ3n) is 3.61. The molecule has 1 aromatic carbocycles. The molecule has 23 heavy (non-hydrogen) atoms. The van der Waals surface area contributed by atoms with Gasteiger partial charge in [-0.15, -0.1) is 0 Å². The standard InChI is InChI=1S/C17H26N2O4/c1-14(11-18-17(20)13-21-2)23-16-5-3-4-15(10-16)12-19-6-8-22-9-7-19/h3-5,10,14H,6-9,11-13H2,1-2H3,(H,18,20). The highest BCUT2D eigenvalue weighted by Gasteiger charge is 2.12. The first-order valence-corrected chi connectivity index (χ1v) is 7.98. The van der Waals surface area contributed by atoms with Crippen molar-refractivity contribution in [3.05, 3.63) is 29.8 Å². The molecule has 0 spiro atoms. The van der Waals surface area contributed by atoms with Crippen LogP contribution in [0.15, 0.2) is 24.3 Å². The second kappa shape index (κ2) is 9.50. The lowest BCUT2D eigenvalue weighted by Crippen LogP contribution is -2.36. The summed E-state index contributed by atoms with van der Waals surface area (Å²) >= 11 is 0. The number of hydrogen-bond donors (Lipinski definition) is 1. The molecule has 1 aliphatic heterocycles. The van der Waals surface area contributed by atoms with Gasteiger partial charge < -0.3 is 19.5 Å². The second-order valence-corrected chi connectivity index (χ2v) is 5.70. The lowest BCUT2D eigenvalue weighted by molar-refractivity contribution is -0.125. The number of morpholine rings is 1. The molecule has 6 heteroatoms. The Morgan fingerprint density at radius 1 is 1.39 bits per heavy atom. The van der Waals surface area contributed by atoms with Crippen molar-refractivity contribution in [2.75, 3.05) is 46.6 Å². The molecule has 0 bridgehead atoms. The molecule has 6 nitrogen and oxygen atoms in total. The SMILES string of the molecule is COCC(=O)NCC(C)Oc1cccc(CN2CCOCC2)c1. The third kappa shape index (κ3) is 6.56. The number of nitrogens with one attached hydrogen (secondary N) is 1. The Morgan fingerprint density at radius 2 is 2.17 bits per heavy atom. The van der Waals surface area contributed by atoms with Crippen molar-refractivity contribution in [3.63, 3.8) is 0 Å². The lowest BCUT2D eigenvalue weighted by Gasteiger charge is -2.26. The van der Waals surface area contributed by atoms with Crippen LogP contribution in [0.5, 0.6) is 5.75 Å². The first-order valence-electron chi connectivity index (χ1n) is 7.98. The van der Waals surface area contributed by atoms with Crippen molar-refractivity contribution in [2.45, 2.75) is 19.6 Å². The summed E-state index contributed by atoms with van der Waals surface area (Å²) in [5, 5.41) is 2.77. The zero-order valence-electron chi connectivity index (χ0n) is 13.9. The fourth-order valence-corrected chi connectivity index (χ4v) is 2.45. The number of amides is 1. The van der Waals surface area contributed by atoms with E-state index >= 15 is 0 Å². The predicted octanol–water partition coefficient (Wildman–Crippen LogP) is 1.05. The van der Waals surface area contributed by atoms with Crippen LogP contribution in [0.25, 0.3) is 0 Å². The molecule has 0 radical (unpaired) electrons. The molecule has 1 saturated heterocycles. The molecule has 2 rings (SSSR count). The molecule has 128 valence electrons. The summed E-state index contributed by atoms with van der Waals surface area (Å²) in [5.74, 6) is 0.688. The minimum atomic E-state index is -0.135. The van der Waals surface area contributed by atoms with Crippen LogP contribution in [-0.4, -0.2) is 63.5 Å². The predicted molar refractivity (Wildman–Crippen MR) is 87.5 cm³/mol. The highest BCUT2D eigenvalue weighted by Crippen LogP contribution is 2.16. The molecular formula is C17H26N2O4. The van der Waals surface area contributed by atoms with E-state index < -0.39 is 0 Å². The van der Waals surface area contributed by atoms with Crippen molar-refractivity contribution < 1.29 is 19.0 Å². The van der Waals surface area contributed by atoms with Crippen LogP contribution in [0.4, 0.5) is 0 Å². The van der Waals surface area contributed by atoms with Crippen molar-refractivity contribution in [2.24, 2.45) is 0 Å². The van der Waals surface area contributed by atoms with E-state index in [1.54, 1.807) is 0 Å². The van der Waals surface area contributed by atoms with E-state index in [0.717, 1.165) is 38.6 Å². The number of rotatable bonds is 8. The average molecular weight is 322 g/mol. The second-order valence-electron chi connectivity index (χ2n) is 5.70. The average Bonchev–Trinajstić information content (AvgIpc) is 2.55. The number of carbonyl (C=O) groups excluding carboxylic acids is 1. The van der Waals surface area contributed by atoms with Gasteiger partial charge in [-0.3, -0.25) is 9.69 Å². The number of hydrogen-bond acceptors (Lipinski definition) is 5. The summed E-state index contributed by atoms with van der Waals surface area (Å²) in [4.78, 5) is 13.7. The van der Waals surface area contributed by atoms with E-state index in [2.05, 4.69) is 22.3 Å². The van der Waals surface area contributed by atoms with Gasteiger partial charge in [-0.05, 0) is 24.6 Å².